The molecule has 0 spiro atoms. The first-order valence-corrected chi connectivity index (χ1v) is 4.58. The van der Waals surface area contributed by atoms with Crippen molar-refractivity contribution in [1.29, 1.82) is 0 Å². The maximum absolute atomic E-state index is 11.2. The van der Waals surface area contributed by atoms with Crippen LogP contribution in [0.1, 0.15) is 39.0 Å². The highest BCUT2D eigenvalue weighted by Gasteiger charge is 2.15. The van der Waals surface area contributed by atoms with Crippen molar-refractivity contribution in [3.8, 4) is 0 Å². The van der Waals surface area contributed by atoms with Gasteiger partial charge in [0.2, 0.25) is 0 Å². The van der Waals surface area contributed by atoms with E-state index in [0.29, 0.717) is 12.2 Å². The van der Waals surface area contributed by atoms with Gasteiger partial charge in [-0.1, -0.05) is 5.57 Å². The van der Waals surface area contributed by atoms with Crippen molar-refractivity contribution in [3.05, 3.63) is 11.1 Å². The summed E-state index contributed by atoms with van der Waals surface area (Å²) in [6.07, 6.45) is 4.46. The molecule has 0 aromatic carbocycles. The molecule has 0 aromatic rings. The molecule has 12 heavy (non-hydrogen) atoms. The number of carbonyl (C=O) groups excluding carboxylic acids is 1. The molecule has 0 bridgehead atoms. The smallest absolute Gasteiger partial charge is 0.158 e. The zero-order valence-electron chi connectivity index (χ0n) is 7.60. The fraction of sp³-hybridized carbons (Fsp3) is 0.700. The van der Waals surface area contributed by atoms with Gasteiger partial charge in [0, 0.05) is 13.0 Å². The van der Waals surface area contributed by atoms with E-state index in [1.807, 2.05) is 6.92 Å². The lowest BCUT2D eigenvalue weighted by molar-refractivity contribution is -0.116. The fourth-order valence-electron chi connectivity index (χ4n) is 1.64. The topological polar surface area (TPSA) is 37.3 Å². The van der Waals surface area contributed by atoms with Gasteiger partial charge in [0.1, 0.15) is 0 Å². The number of ketones is 1. The summed E-state index contributed by atoms with van der Waals surface area (Å²) in [5.74, 6) is 0.300. The minimum atomic E-state index is 0.227. The van der Waals surface area contributed by atoms with E-state index in [0.717, 1.165) is 31.3 Å². The quantitative estimate of drug-likeness (QED) is 0.698. The predicted octanol–water partition coefficient (Wildman–Crippen LogP) is 1.83. The highest BCUT2D eigenvalue weighted by Crippen LogP contribution is 2.24. The summed E-state index contributed by atoms with van der Waals surface area (Å²) in [7, 11) is 0. The summed E-state index contributed by atoms with van der Waals surface area (Å²) < 4.78 is 0. The molecule has 0 aromatic heterocycles. The van der Waals surface area contributed by atoms with Crippen LogP contribution in [-0.2, 0) is 4.79 Å². The number of hydrogen-bond acceptors (Lipinski definition) is 2. The number of aliphatic hydroxyl groups excluding tert-OH is 1. The largest absolute Gasteiger partial charge is 0.396 e. The Morgan fingerprint density at radius 3 is 2.83 bits per heavy atom. The average Bonchev–Trinajstić information content (AvgIpc) is 2.08. The summed E-state index contributed by atoms with van der Waals surface area (Å²) in [5, 5.41) is 8.64. The third-order valence-corrected chi connectivity index (χ3v) is 2.47. The van der Waals surface area contributed by atoms with E-state index in [-0.39, 0.29) is 6.61 Å². The molecule has 0 radical (unpaired) electrons. The van der Waals surface area contributed by atoms with Gasteiger partial charge in [-0.15, -0.1) is 0 Å². The number of allylic oxidation sites excluding steroid dienone is 2. The van der Waals surface area contributed by atoms with E-state index in [1.54, 1.807) is 0 Å². The lowest BCUT2D eigenvalue weighted by Crippen LogP contribution is -2.09. The second kappa shape index (κ2) is 4.41. The Bertz CT molecular complexity index is 204. The Balaban J connectivity index is 2.59. The standard InChI is InChI=1S/C10H16O2/c1-8-9(5-3-7-11)4-2-6-10(8)12/h11H,2-7H2,1H3. The van der Waals surface area contributed by atoms with Crippen LogP contribution in [0.25, 0.3) is 0 Å². The molecule has 0 aliphatic heterocycles. The Labute approximate surface area is 73.3 Å². The van der Waals surface area contributed by atoms with Gasteiger partial charge in [-0.3, -0.25) is 4.79 Å². The first kappa shape index (κ1) is 9.46. The minimum absolute atomic E-state index is 0.227. The van der Waals surface area contributed by atoms with Crippen molar-refractivity contribution in [2.75, 3.05) is 6.61 Å². The minimum Gasteiger partial charge on any atom is -0.396 e. The lowest BCUT2D eigenvalue weighted by Gasteiger charge is -2.15. The molecule has 0 unspecified atom stereocenters. The number of aliphatic hydroxyl groups is 1. The van der Waals surface area contributed by atoms with Crippen LogP contribution >= 0.6 is 0 Å². The van der Waals surface area contributed by atoms with Crippen LogP contribution in [0.5, 0.6) is 0 Å². The third-order valence-electron chi connectivity index (χ3n) is 2.47. The second-order valence-corrected chi connectivity index (χ2v) is 3.33. The molecular formula is C10H16O2. The van der Waals surface area contributed by atoms with Crippen molar-refractivity contribution in [1.82, 2.24) is 0 Å². The number of hydrogen-bond donors (Lipinski definition) is 1. The molecule has 2 heteroatoms. The molecule has 0 atom stereocenters. The molecule has 1 rings (SSSR count). The summed E-state index contributed by atoms with van der Waals surface area (Å²) in [6, 6.07) is 0. The van der Waals surface area contributed by atoms with Crippen LogP contribution in [0.2, 0.25) is 0 Å². The van der Waals surface area contributed by atoms with E-state index in [9.17, 15) is 4.79 Å². The normalized spacial score (nSPS) is 18.7. The summed E-state index contributed by atoms with van der Waals surface area (Å²) in [6.45, 7) is 2.14. The van der Waals surface area contributed by atoms with Gasteiger partial charge in [-0.25, -0.2) is 0 Å². The van der Waals surface area contributed by atoms with Gasteiger partial charge >= 0.3 is 0 Å². The monoisotopic (exact) mass is 168 g/mol. The summed E-state index contributed by atoms with van der Waals surface area (Å²) in [4.78, 5) is 11.2. The van der Waals surface area contributed by atoms with Crippen molar-refractivity contribution in [2.24, 2.45) is 0 Å². The Hall–Kier alpha value is -0.630. The zero-order valence-corrected chi connectivity index (χ0v) is 7.60. The molecule has 1 aliphatic rings. The van der Waals surface area contributed by atoms with E-state index in [4.69, 9.17) is 5.11 Å². The predicted molar refractivity (Wildman–Crippen MR) is 47.9 cm³/mol. The highest BCUT2D eigenvalue weighted by molar-refractivity contribution is 5.96. The SMILES string of the molecule is CC1=C(CCCO)CCCC1=O. The molecular weight excluding hydrogens is 152 g/mol. The van der Waals surface area contributed by atoms with Gasteiger partial charge in [0.05, 0.1) is 0 Å². The fourth-order valence-corrected chi connectivity index (χ4v) is 1.64. The van der Waals surface area contributed by atoms with Crippen molar-refractivity contribution >= 4 is 5.78 Å². The van der Waals surface area contributed by atoms with Gasteiger partial charge in [0.25, 0.3) is 0 Å². The van der Waals surface area contributed by atoms with E-state index in [1.165, 1.54) is 5.57 Å². The Morgan fingerprint density at radius 1 is 1.42 bits per heavy atom. The van der Waals surface area contributed by atoms with Gasteiger partial charge in [-0.2, -0.15) is 0 Å². The second-order valence-electron chi connectivity index (χ2n) is 3.33. The number of Topliss-reactive ketones (excluding diaryl/α,β-unsaturated/α-hetero) is 1. The van der Waals surface area contributed by atoms with Gasteiger partial charge < -0.3 is 5.11 Å². The molecule has 0 amide bonds. The van der Waals surface area contributed by atoms with Crippen molar-refractivity contribution < 1.29 is 9.90 Å². The first-order valence-electron chi connectivity index (χ1n) is 4.58. The highest BCUT2D eigenvalue weighted by atomic mass is 16.2. The molecule has 1 aliphatic carbocycles. The molecule has 0 saturated heterocycles. The molecule has 68 valence electrons. The van der Waals surface area contributed by atoms with E-state index >= 15 is 0 Å². The van der Waals surface area contributed by atoms with E-state index in [2.05, 4.69) is 0 Å². The van der Waals surface area contributed by atoms with Crippen LogP contribution in [0, 0.1) is 0 Å². The zero-order chi connectivity index (χ0) is 8.97. The van der Waals surface area contributed by atoms with Crippen molar-refractivity contribution in [3.63, 3.8) is 0 Å². The number of rotatable bonds is 3. The molecule has 2 nitrogen and oxygen atoms in total. The van der Waals surface area contributed by atoms with Gasteiger partial charge in [-0.05, 0) is 38.2 Å². The lowest BCUT2D eigenvalue weighted by atomic mass is 9.89. The van der Waals surface area contributed by atoms with Crippen LogP contribution < -0.4 is 0 Å². The average molecular weight is 168 g/mol. The van der Waals surface area contributed by atoms with Crippen LogP contribution in [0.3, 0.4) is 0 Å². The summed E-state index contributed by atoms with van der Waals surface area (Å²) in [5.41, 5.74) is 2.22. The first-order chi connectivity index (χ1) is 5.75. The van der Waals surface area contributed by atoms with Crippen LogP contribution in [0.15, 0.2) is 11.1 Å². The molecule has 1 N–H and O–H groups in total. The maximum Gasteiger partial charge on any atom is 0.158 e. The van der Waals surface area contributed by atoms with Crippen molar-refractivity contribution in [2.45, 2.75) is 39.0 Å². The Morgan fingerprint density at radius 2 is 2.17 bits per heavy atom. The number of carbonyl (C=O) groups is 1. The molecule has 0 fully saturated rings. The molecule has 0 saturated carbocycles. The van der Waals surface area contributed by atoms with Gasteiger partial charge in [0.15, 0.2) is 5.78 Å². The third kappa shape index (κ3) is 2.18. The van der Waals surface area contributed by atoms with E-state index < -0.39 is 0 Å². The molecule has 0 heterocycles. The summed E-state index contributed by atoms with van der Waals surface area (Å²) >= 11 is 0. The van der Waals surface area contributed by atoms with Crippen LogP contribution in [0.4, 0.5) is 0 Å². The maximum atomic E-state index is 11.2. The Kier molecular flexibility index (Phi) is 3.48. The van der Waals surface area contributed by atoms with Crippen LogP contribution in [-0.4, -0.2) is 17.5 Å².